The Labute approximate surface area is 122 Å². The van der Waals surface area contributed by atoms with E-state index in [9.17, 15) is 0 Å². The molecule has 0 bridgehead atoms. The van der Waals surface area contributed by atoms with Crippen LogP contribution >= 0.6 is 11.3 Å². The number of hydrogen-bond acceptors (Lipinski definition) is 3. The number of benzene rings is 1. The minimum absolute atomic E-state index is 0.390. The summed E-state index contributed by atoms with van der Waals surface area (Å²) in [5.74, 6) is 0. The SMILES string of the molecule is C[C@@H](NCc1ccc(-n2cccn2)cc1)c1cccs1. The Morgan fingerprint density at radius 3 is 2.70 bits per heavy atom. The molecule has 0 fully saturated rings. The number of thiophene rings is 1. The van der Waals surface area contributed by atoms with Gasteiger partial charge in [0.1, 0.15) is 0 Å². The molecule has 1 aromatic carbocycles. The molecule has 3 nitrogen and oxygen atoms in total. The second-order valence-electron chi connectivity index (χ2n) is 4.74. The van der Waals surface area contributed by atoms with Gasteiger partial charge < -0.3 is 5.32 Å². The van der Waals surface area contributed by atoms with Gasteiger partial charge in [-0.3, -0.25) is 0 Å². The van der Waals surface area contributed by atoms with Crippen LogP contribution < -0.4 is 5.32 Å². The first kappa shape index (κ1) is 13.1. The van der Waals surface area contributed by atoms with E-state index < -0.39 is 0 Å². The van der Waals surface area contributed by atoms with E-state index in [-0.39, 0.29) is 0 Å². The number of hydrogen-bond donors (Lipinski definition) is 1. The van der Waals surface area contributed by atoms with Crippen molar-refractivity contribution in [2.45, 2.75) is 19.5 Å². The Morgan fingerprint density at radius 2 is 2.05 bits per heavy atom. The predicted octanol–water partition coefficient (Wildman–Crippen LogP) is 3.78. The molecule has 3 rings (SSSR count). The lowest BCUT2D eigenvalue weighted by Gasteiger charge is -2.12. The summed E-state index contributed by atoms with van der Waals surface area (Å²) in [6.45, 7) is 3.07. The molecule has 3 aromatic rings. The molecular formula is C16H17N3S. The van der Waals surface area contributed by atoms with Crippen LogP contribution in [0.3, 0.4) is 0 Å². The largest absolute Gasteiger partial charge is 0.305 e. The summed E-state index contributed by atoms with van der Waals surface area (Å²) < 4.78 is 1.87. The van der Waals surface area contributed by atoms with Gasteiger partial charge in [0.15, 0.2) is 0 Å². The summed E-state index contributed by atoms with van der Waals surface area (Å²) in [6.07, 6.45) is 3.74. The first-order valence-corrected chi connectivity index (χ1v) is 7.56. The predicted molar refractivity (Wildman–Crippen MR) is 83.1 cm³/mol. The van der Waals surface area contributed by atoms with Gasteiger partial charge in [-0.15, -0.1) is 11.3 Å². The van der Waals surface area contributed by atoms with Gasteiger partial charge in [-0.05, 0) is 42.1 Å². The standard InChI is InChI=1S/C16H17N3S/c1-13(16-4-2-11-20-16)17-12-14-5-7-15(8-6-14)19-10-3-9-18-19/h2-11,13,17H,12H2,1H3/t13-/m1/s1. The zero-order valence-electron chi connectivity index (χ0n) is 11.4. The van der Waals surface area contributed by atoms with E-state index in [4.69, 9.17) is 0 Å². The summed E-state index contributed by atoms with van der Waals surface area (Å²) >= 11 is 1.79. The van der Waals surface area contributed by atoms with Gasteiger partial charge in [0, 0.05) is 29.9 Å². The van der Waals surface area contributed by atoms with E-state index in [0.717, 1.165) is 12.2 Å². The maximum Gasteiger partial charge on any atom is 0.0645 e. The lowest BCUT2D eigenvalue weighted by molar-refractivity contribution is 0.583. The molecule has 102 valence electrons. The Kier molecular flexibility index (Phi) is 3.95. The molecule has 0 amide bonds. The fourth-order valence-corrected chi connectivity index (χ4v) is 2.86. The van der Waals surface area contributed by atoms with Crippen molar-refractivity contribution in [3.8, 4) is 5.69 Å². The van der Waals surface area contributed by atoms with E-state index in [2.05, 4.69) is 59.1 Å². The highest BCUT2D eigenvalue weighted by atomic mass is 32.1. The van der Waals surface area contributed by atoms with Crippen molar-refractivity contribution in [3.05, 3.63) is 70.7 Å². The Hall–Kier alpha value is -1.91. The van der Waals surface area contributed by atoms with Crippen molar-refractivity contribution in [2.24, 2.45) is 0 Å². The van der Waals surface area contributed by atoms with Gasteiger partial charge >= 0.3 is 0 Å². The van der Waals surface area contributed by atoms with Crippen LogP contribution in [-0.2, 0) is 6.54 Å². The fourth-order valence-electron chi connectivity index (χ4n) is 2.10. The van der Waals surface area contributed by atoms with Gasteiger partial charge in [-0.2, -0.15) is 5.10 Å². The highest BCUT2D eigenvalue weighted by Gasteiger charge is 2.05. The number of nitrogens with zero attached hydrogens (tertiary/aromatic N) is 2. The molecule has 0 aliphatic rings. The Balaban J connectivity index is 1.61. The lowest BCUT2D eigenvalue weighted by Crippen LogP contribution is -2.17. The van der Waals surface area contributed by atoms with Crippen LogP contribution in [-0.4, -0.2) is 9.78 Å². The summed E-state index contributed by atoms with van der Waals surface area (Å²) in [5.41, 5.74) is 2.37. The average Bonchev–Trinajstić information content (AvgIpc) is 3.18. The molecule has 0 radical (unpaired) electrons. The molecule has 2 aromatic heterocycles. The zero-order chi connectivity index (χ0) is 13.8. The number of rotatable bonds is 5. The highest BCUT2D eigenvalue weighted by molar-refractivity contribution is 7.10. The summed E-state index contributed by atoms with van der Waals surface area (Å²) in [6, 6.07) is 15.1. The minimum Gasteiger partial charge on any atom is -0.305 e. The van der Waals surface area contributed by atoms with Crippen molar-refractivity contribution >= 4 is 11.3 Å². The van der Waals surface area contributed by atoms with Crippen LogP contribution in [0, 0.1) is 0 Å². The summed E-state index contributed by atoms with van der Waals surface area (Å²) in [4.78, 5) is 1.37. The third kappa shape index (κ3) is 2.98. The first-order chi connectivity index (χ1) is 9.83. The molecule has 0 saturated carbocycles. The van der Waals surface area contributed by atoms with Gasteiger partial charge in [-0.25, -0.2) is 4.68 Å². The quantitative estimate of drug-likeness (QED) is 0.772. The Bertz CT molecular complexity index is 627. The van der Waals surface area contributed by atoms with Crippen LogP contribution in [0.2, 0.25) is 0 Å². The molecule has 0 spiro atoms. The van der Waals surface area contributed by atoms with E-state index >= 15 is 0 Å². The highest BCUT2D eigenvalue weighted by Crippen LogP contribution is 2.18. The van der Waals surface area contributed by atoms with Crippen LogP contribution in [0.4, 0.5) is 0 Å². The molecule has 1 N–H and O–H groups in total. The smallest absolute Gasteiger partial charge is 0.0645 e. The molecule has 0 unspecified atom stereocenters. The summed E-state index contributed by atoms with van der Waals surface area (Å²) in [5, 5.41) is 9.89. The van der Waals surface area contributed by atoms with Crippen molar-refractivity contribution in [3.63, 3.8) is 0 Å². The molecule has 20 heavy (non-hydrogen) atoms. The molecule has 1 atom stereocenters. The molecule has 0 saturated heterocycles. The van der Waals surface area contributed by atoms with Crippen molar-refractivity contribution < 1.29 is 0 Å². The lowest BCUT2D eigenvalue weighted by atomic mass is 10.2. The van der Waals surface area contributed by atoms with Crippen LogP contribution in [0.5, 0.6) is 0 Å². The van der Waals surface area contributed by atoms with Crippen molar-refractivity contribution in [2.75, 3.05) is 0 Å². The second kappa shape index (κ2) is 6.03. The average molecular weight is 283 g/mol. The maximum absolute atomic E-state index is 4.23. The van der Waals surface area contributed by atoms with Crippen LogP contribution in [0.15, 0.2) is 60.2 Å². The van der Waals surface area contributed by atoms with Gasteiger partial charge in [0.25, 0.3) is 0 Å². The van der Waals surface area contributed by atoms with Gasteiger partial charge in [0.2, 0.25) is 0 Å². The fraction of sp³-hybridized carbons (Fsp3) is 0.188. The second-order valence-corrected chi connectivity index (χ2v) is 5.71. The molecular weight excluding hydrogens is 266 g/mol. The van der Waals surface area contributed by atoms with Crippen molar-refractivity contribution in [1.82, 2.24) is 15.1 Å². The first-order valence-electron chi connectivity index (χ1n) is 6.69. The van der Waals surface area contributed by atoms with Crippen molar-refractivity contribution in [1.29, 1.82) is 0 Å². The molecule has 0 aliphatic carbocycles. The van der Waals surface area contributed by atoms with Gasteiger partial charge in [0.05, 0.1) is 5.69 Å². The van der Waals surface area contributed by atoms with E-state index in [1.165, 1.54) is 10.4 Å². The third-order valence-electron chi connectivity index (χ3n) is 3.29. The molecule has 2 heterocycles. The number of nitrogens with one attached hydrogen (secondary N) is 1. The number of aromatic nitrogens is 2. The topological polar surface area (TPSA) is 29.9 Å². The maximum atomic E-state index is 4.23. The van der Waals surface area contributed by atoms with E-state index in [0.29, 0.717) is 6.04 Å². The van der Waals surface area contributed by atoms with Crippen LogP contribution in [0.25, 0.3) is 5.69 Å². The van der Waals surface area contributed by atoms with Crippen LogP contribution in [0.1, 0.15) is 23.4 Å². The normalized spacial score (nSPS) is 12.4. The Morgan fingerprint density at radius 1 is 1.20 bits per heavy atom. The molecule has 0 aliphatic heterocycles. The van der Waals surface area contributed by atoms with Gasteiger partial charge in [-0.1, -0.05) is 18.2 Å². The monoisotopic (exact) mass is 283 g/mol. The van der Waals surface area contributed by atoms with E-state index in [1.54, 1.807) is 17.5 Å². The zero-order valence-corrected chi connectivity index (χ0v) is 12.2. The third-order valence-corrected chi connectivity index (χ3v) is 4.34. The van der Waals surface area contributed by atoms with E-state index in [1.807, 2.05) is 16.9 Å². The minimum atomic E-state index is 0.390. The molecule has 4 heteroatoms. The summed E-state index contributed by atoms with van der Waals surface area (Å²) in [7, 11) is 0.